The molecule has 2 unspecified atom stereocenters. The second-order valence-corrected chi connectivity index (χ2v) is 5.04. The number of hydrogen-bond acceptors (Lipinski definition) is 2. The van der Waals surface area contributed by atoms with Gasteiger partial charge in [0.25, 0.3) is 0 Å². The van der Waals surface area contributed by atoms with Gasteiger partial charge in [0.1, 0.15) is 5.54 Å². The average molecular weight is 199 g/mol. The largest absolute Gasteiger partial charge is 0.480 e. The molecule has 0 aromatic carbocycles. The third kappa shape index (κ3) is 2.08. The van der Waals surface area contributed by atoms with Gasteiger partial charge in [-0.15, -0.1) is 0 Å². The van der Waals surface area contributed by atoms with Crippen LogP contribution in [0, 0.1) is 5.92 Å². The SMILES string of the molecule is CC1CCN(C(C)(C)C(=O)O)C(C)C1. The highest BCUT2D eigenvalue weighted by molar-refractivity contribution is 5.77. The zero-order valence-corrected chi connectivity index (χ0v) is 9.58. The summed E-state index contributed by atoms with van der Waals surface area (Å²) in [6, 6.07) is 0.379. The minimum absolute atomic E-state index is 0.379. The van der Waals surface area contributed by atoms with Gasteiger partial charge in [-0.2, -0.15) is 0 Å². The summed E-state index contributed by atoms with van der Waals surface area (Å²) < 4.78 is 0. The summed E-state index contributed by atoms with van der Waals surface area (Å²) in [5, 5.41) is 9.14. The predicted molar refractivity (Wildman–Crippen MR) is 56.3 cm³/mol. The average Bonchev–Trinajstić information content (AvgIpc) is 2.02. The Labute approximate surface area is 86.1 Å². The molecule has 1 heterocycles. The minimum atomic E-state index is -0.723. The van der Waals surface area contributed by atoms with E-state index in [0.29, 0.717) is 6.04 Å². The number of hydrogen-bond donors (Lipinski definition) is 1. The Kier molecular flexibility index (Phi) is 3.20. The van der Waals surface area contributed by atoms with E-state index in [1.807, 2.05) is 0 Å². The van der Waals surface area contributed by atoms with Crippen LogP contribution < -0.4 is 0 Å². The molecule has 0 spiro atoms. The summed E-state index contributed by atoms with van der Waals surface area (Å²) in [4.78, 5) is 13.2. The zero-order valence-electron chi connectivity index (χ0n) is 9.58. The monoisotopic (exact) mass is 199 g/mol. The third-order valence-electron chi connectivity index (χ3n) is 3.38. The van der Waals surface area contributed by atoms with E-state index in [-0.39, 0.29) is 0 Å². The Morgan fingerprint density at radius 3 is 2.43 bits per heavy atom. The lowest BCUT2D eigenvalue weighted by atomic mass is 9.88. The van der Waals surface area contributed by atoms with Crippen LogP contribution in [0.25, 0.3) is 0 Å². The van der Waals surface area contributed by atoms with E-state index in [0.717, 1.165) is 25.3 Å². The summed E-state index contributed by atoms with van der Waals surface area (Å²) in [5.41, 5.74) is -0.723. The number of piperidine rings is 1. The third-order valence-corrected chi connectivity index (χ3v) is 3.38. The van der Waals surface area contributed by atoms with Gasteiger partial charge >= 0.3 is 5.97 Å². The molecule has 1 N–H and O–H groups in total. The molecule has 1 aliphatic rings. The van der Waals surface area contributed by atoms with Crippen molar-refractivity contribution in [1.82, 2.24) is 4.90 Å². The van der Waals surface area contributed by atoms with Crippen molar-refractivity contribution >= 4 is 5.97 Å². The molecule has 0 bridgehead atoms. The van der Waals surface area contributed by atoms with E-state index in [2.05, 4.69) is 18.7 Å². The van der Waals surface area contributed by atoms with Gasteiger partial charge in [0.2, 0.25) is 0 Å². The van der Waals surface area contributed by atoms with Crippen molar-refractivity contribution in [3.63, 3.8) is 0 Å². The van der Waals surface area contributed by atoms with Crippen LogP contribution in [0.3, 0.4) is 0 Å². The number of carbonyl (C=O) groups is 1. The number of nitrogens with zero attached hydrogens (tertiary/aromatic N) is 1. The van der Waals surface area contributed by atoms with Crippen molar-refractivity contribution in [2.75, 3.05) is 6.54 Å². The maximum absolute atomic E-state index is 11.1. The molecule has 1 rings (SSSR count). The molecule has 0 aromatic rings. The number of aliphatic carboxylic acids is 1. The summed E-state index contributed by atoms with van der Waals surface area (Å²) in [7, 11) is 0. The van der Waals surface area contributed by atoms with Gasteiger partial charge in [0.15, 0.2) is 0 Å². The standard InChI is InChI=1S/C11H21NO2/c1-8-5-6-12(9(2)7-8)11(3,4)10(13)14/h8-9H,5-7H2,1-4H3,(H,13,14). The Morgan fingerprint density at radius 1 is 1.43 bits per heavy atom. The molecule has 82 valence electrons. The molecule has 1 fully saturated rings. The van der Waals surface area contributed by atoms with Crippen molar-refractivity contribution in [1.29, 1.82) is 0 Å². The van der Waals surface area contributed by atoms with Crippen LogP contribution in [-0.4, -0.2) is 34.1 Å². The van der Waals surface area contributed by atoms with Crippen LogP contribution in [0.15, 0.2) is 0 Å². The van der Waals surface area contributed by atoms with Crippen molar-refractivity contribution in [3.05, 3.63) is 0 Å². The van der Waals surface area contributed by atoms with E-state index in [4.69, 9.17) is 5.11 Å². The summed E-state index contributed by atoms with van der Waals surface area (Å²) in [6.45, 7) is 8.85. The van der Waals surface area contributed by atoms with Gasteiger partial charge < -0.3 is 5.11 Å². The van der Waals surface area contributed by atoms with Crippen molar-refractivity contribution in [3.8, 4) is 0 Å². The minimum Gasteiger partial charge on any atom is -0.480 e. The second-order valence-electron chi connectivity index (χ2n) is 5.04. The number of carboxylic acids is 1. The van der Waals surface area contributed by atoms with E-state index in [1.54, 1.807) is 13.8 Å². The molecule has 1 saturated heterocycles. The molecule has 2 atom stereocenters. The maximum Gasteiger partial charge on any atom is 0.323 e. The lowest BCUT2D eigenvalue weighted by Gasteiger charge is -2.44. The molecule has 3 nitrogen and oxygen atoms in total. The van der Waals surface area contributed by atoms with Crippen LogP contribution in [0.2, 0.25) is 0 Å². The van der Waals surface area contributed by atoms with Crippen molar-refractivity contribution in [2.45, 2.75) is 52.1 Å². The van der Waals surface area contributed by atoms with Gasteiger partial charge in [-0.05, 0) is 46.1 Å². The molecule has 14 heavy (non-hydrogen) atoms. The fourth-order valence-electron chi connectivity index (χ4n) is 2.36. The zero-order chi connectivity index (χ0) is 10.9. The molecular weight excluding hydrogens is 178 g/mol. The van der Waals surface area contributed by atoms with Crippen LogP contribution in [0.5, 0.6) is 0 Å². The van der Waals surface area contributed by atoms with Crippen LogP contribution in [0.4, 0.5) is 0 Å². The normalized spacial score (nSPS) is 30.3. The topological polar surface area (TPSA) is 40.5 Å². The lowest BCUT2D eigenvalue weighted by molar-refractivity contribution is -0.152. The summed E-state index contributed by atoms with van der Waals surface area (Å²) >= 11 is 0. The van der Waals surface area contributed by atoms with E-state index < -0.39 is 11.5 Å². The van der Waals surface area contributed by atoms with Crippen LogP contribution in [-0.2, 0) is 4.79 Å². The Bertz CT molecular complexity index is 225. The van der Waals surface area contributed by atoms with E-state index >= 15 is 0 Å². The smallest absolute Gasteiger partial charge is 0.323 e. The predicted octanol–water partition coefficient (Wildman–Crippen LogP) is 1.97. The molecule has 1 aliphatic heterocycles. The van der Waals surface area contributed by atoms with Gasteiger partial charge in [-0.1, -0.05) is 6.92 Å². The van der Waals surface area contributed by atoms with Gasteiger partial charge in [0.05, 0.1) is 0 Å². The van der Waals surface area contributed by atoms with Crippen LogP contribution >= 0.6 is 0 Å². The second kappa shape index (κ2) is 3.89. The number of likely N-dealkylation sites (tertiary alicyclic amines) is 1. The number of rotatable bonds is 2. The van der Waals surface area contributed by atoms with Crippen molar-refractivity contribution < 1.29 is 9.90 Å². The number of carboxylic acid groups (broad SMARTS) is 1. The van der Waals surface area contributed by atoms with Gasteiger partial charge in [-0.3, -0.25) is 9.69 Å². The first kappa shape index (κ1) is 11.5. The molecule has 0 radical (unpaired) electrons. The van der Waals surface area contributed by atoms with E-state index in [1.165, 1.54) is 0 Å². The van der Waals surface area contributed by atoms with Gasteiger partial charge in [0, 0.05) is 6.04 Å². The van der Waals surface area contributed by atoms with Crippen LogP contribution in [0.1, 0.15) is 40.5 Å². The maximum atomic E-state index is 11.1. The summed E-state index contributed by atoms with van der Waals surface area (Å²) in [6.07, 6.45) is 2.22. The first-order valence-corrected chi connectivity index (χ1v) is 5.36. The quantitative estimate of drug-likeness (QED) is 0.739. The molecule has 3 heteroatoms. The van der Waals surface area contributed by atoms with Gasteiger partial charge in [-0.25, -0.2) is 0 Å². The fourth-order valence-corrected chi connectivity index (χ4v) is 2.36. The Morgan fingerprint density at radius 2 is 2.00 bits per heavy atom. The Hall–Kier alpha value is -0.570. The molecular formula is C11H21NO2. The van der Waals surface area contributed by atoms with Crippen molar-refractivity contribution in [2.24, 2.45) is 5.92 Å². The highest BCUT2D eigenvalue weighted by Gasteiger charge is 2.39. The molecule has 0 amide bonds. The molecule has 0 aliphatic carbocycles. The fraction of sp³-hybridized carbons (Fsp3) is 0.909. The first-order valence-electron chi connectivity index (χ1n) is 5.36. The van der Waals surface area contributed by atoms with E-state index in [9.17, 15) is 4.79 Å². The highest BCUT2D eigenvalue weighted by atomic mass is 16.4. The molecule has 0 aromatic heterocycles. The summed E-state index contributed by atoms with van der Waals surface area (Å²) in [5.74, 6) is 0.00440. The highest BCUT2D eigenvalue weighted by Crippen LogP contribution is 2.28. The molecule has 0 saturated carbocycles. The first-order chi connectivity index (χ1) is 6.35. The Balaban J connectivity index is 2.73. The lowest BCUT2D eigenvalue weighted by Crippen LogP contribution is -2.56.